The summed E-state index contributed by atoms with van der Waals surface area (Å²) in [5.74, 6) is -0.249. The molecule has 3 aromatic rings. The molecule has 1 N–H and O–H groups in total. The summed E-state index contributed by atoms with van der Waals surface area (Å²) in [6.45, 7) is 11.0. The fourth-order valence-electron chi connectivity index (χ4n) is 4.03. The zero-order valence-electron chi connectivity index (χ0n) is 19.8. The number of hydrogen-bond donors (Lipinski definition) is 1. The molecule has 4 rings (SSSR count). The number of carbonyl (C=O) groups is 2. The lowest BCUT2D eigenvalue weighted by atomic mass is 9.93. The molecule has 0 saturated heterocycles. The highest BCUT2D eigenvalue weighted by atomic mass is 16.2. The van der Waals surface area contributed by atoms with E-state index in [4.69, 9.17) is 0 Å². The molecule has 0 fully saturated rings. The summed E-state index contributed by atoms with van der Waals surface area (Å²) < 4.78 is 2.97. The first-order valence-electron chi connectivity index (χ1n) is 11.2. The van der Waals surface area contributed by atoms with Crippen LogP contribution in [0.2, 0.25) is 0 Å². The van der Waals surface area contributed by atoms with Crippen molar-refractivity contribution in [1.82, 2.24) is 29.4 Å². The average Bonchev–Trinajstić information content (AvgIpc) is 3.33. The molecule has 0 saturated carbocycles. The number of aromatic nitrogens is 4. The van der Waals surface area contributed by atoms with Crippen molar-refractivity contribution in [3.63, 3.8) is 0 Å². The topological polar surface area (TPSA) is 102 Å². The van der Waals surface area contributed by atoms with Gasteiger partial charge in [0.15, 0.2) is 0 Å². The predicted octanol–water partition coefficient (Wildman–Crippen LogP) is 2.12. The summed E-state index contributed by atoms with van der Waals surface area (Å²) in [4.78, 5) is 45.4. The maximum Gasteiger partial charge on any atom is 0.280 e. The Kier molecular flexibility index (Phi) is 5.82. The number of fused-ring (bicyclic) bond motifs is 2. The van der Waals surface area contributed by atoms with Gasteiger partial charge in [-0.05, 0) is 18.1 Å². The van der Waals surface area contributed by atoms with Gasteiger partial charge >= 0.3 is 0 Å². The van der Waals surface area contributed by atoms with E-state index in [1.807, 2.05) is 52.8 Å². The zero-order valence-corrected chi connectivity index (χ0v) is 19.8. The van der Waals surface area contributed by atoms with E-state index in [0.29, 0.717) is 17.8 Å². The quantitative estimate of drug-likeness (QED) is 0.620. The number of nitrogens with zero attached hydrogens (tertiary/aromatic N) is 5. The van der Waals surface area contributed by atoms with Crippen LogP contribution in [0.4, 0.5) is 0 Å². The maximum atomic E-state index is 13.3. The van der Waals surface area contributed by atoms with Gasteiger partial charge in [0.25, 0.3) is 11.5 Å². The predicted molar refractivity (Wildman–Crippen MR) is 124 cm³/mol. The molecule has 0 unspecified atom stereocenters. The minimum absolute atomic E-state index is 0.102. The zero-order chi connectivity index (χ0) is 23.9. The van der Waals surface area contributed by atoms with Crippen LogP contribution in [0.25, 0.3) is 5.65 Å². The van der Waals surface area contributed by atoms with E-state index in [1.54, 1.807) is 21.7 Å². The van der Waals surface area contributed by atoms with Crippen LogP contribution in [0, 0.1) is 5.92 Å². The van der Waals surface area contributed by atoms with Crippen molar-refractivity contribution >= 4 is 17.5 Å². The molecule has 2 amide bonds. The minimum atomic E-state index is -0.305. The van der Waals surface area contributed by atoms with E-state index in [0.717, 1.165) is 11.4 Å². The second-order valence-electron chi connectivity index (χ2n) is 9.95. The summed E-state index contributed by atoms with van der Waals surface area (Å²) in [5.41, 5.74) is 1.96. The van der Waals surface area contributed by atoms with E-state index < -0.39 is 0 Å². The van der Waals surface area contributed by atoms with E-state index in [2.05, 4.69) is 15.4 Å². The van der Waals surface area contributed by atoms with Crippen molar-refractivity contribution in [2.24, 2.45) is 5.92 Å². The third-order valence-corrected chi connectivity index (χ3v) is 5.66. The minimum Gasteiger partial charge on any atom is -0.349 e. The number of carbonyl (C=O) groups excluding carboxylic acids is 2. The van der Waals surface area contributed by atoms with Gasteiger partial charge in [0.1, 0.15) is 17.9 Å². The van der Waals surface area contributed by atoms with Crippen molar-refractivity contribution in [3.05, 3.63) is 63.5 Å². The summed E-state index contributed by atoms with van der Waals surface area (Å²) in [7, 11) is 0. The van der Waals surface area contributed by atoms with Gasteiger partial charge in [0.2, 0.25) is 5.91 Å². The Morgan fingerprint density at radius 2 is 1.97 bits per heavy atom. The number of rotatable bonds is 6. The van der Waals surface area contributed by atoms with Crippen LogP contribution < -0.4 is 10.9 Å². The standard InChI is InChI=1S/C24H30N6O3/c1-15(2)12-28-13-17-21(23(28)33)29(14-19(31)26-11-16-8-6-7-9-25-16)20-10-18(24(3,4)5)27-30(20)22(17)32/h6-10,15H,11-14H2,1-5H3,(H,26,31). The maximum absolute atomic E-state index is 13.3. The molecule has 0 bridgehead atoms. The Morgan fingerprint density at radius 1 is 1.21 bits per heavy atom. The van der Waals surface area contributed by atoms with E-state index in [-0.39, 0.29) is 54.0 Å². The van der Waals surface area contributed by atoms with E-state index in [9.17, 15) is 14.4 Å². The Hall–Kier alpha value is -3.49. The molecule has 9 nitrogen and oxygen atoms in total. The molecule has 3 aromatic heterocycles. The first-order valence-corrected chi connectivity index (χ1v) is 11.2. The molecule has 1 aliphatic rings. The summed E-state index contributed by atoms with van der Waals surface area (Å²) in [6, 6.07) is 7.29. The van der Waals surface area contributed by atoms with Crippen molar-refractivity contribution in [3.8, 4) is 0 Å². The summed E-state index contributed by atoms with van der Waals surface area (Å²) in [6.07, 6.45) is 1.67. The van der Waals surface area contributed by atoms with Gasteiger partial charge in [-0.2, -0.15) is 9.61 Å². The van der Waals surface area contributed by atoms with E-state index in [1.165, 1.54) is 4.52 Å². The molecule has 0 spiro atoms. The highest BCUT2D eigenvalue weighted by Gasteiger charge is 2.35. The SMILES string of the molecule is CC(C)CN1Cc2c(n(CC(=O)NCc3ccccn3)c3cc(C(C)(C)C)nn3c2=O)C1=O. The molecule has 0 atom stereocenters. The van der Waals surface area contributed by atoms with Gasteiger partial charge in [0, 0.05) is 24.2 Å². The molecule has 0 radical (unpaired) electrons. The van der Waals surface area contributed by atoms with Gasteiger partial charge in [-0.15, -0.1) is 0 Å². The van der Waals surface area contributed by atoms with Gasteiger partial charge < -0.3 is 14.8 Å². The van der Waals surface area contributed by atoms with Crippen LogP contribution in [0.1, 0.15) is 62.1 Å². The molecule has 9 heteroatoms. The van der Waals surface area contributed by atoms with Crippen LogP contribution in [-0.4, -0.2) is 42.4 Å². The van der Waals surface area contributed by atoms with Crippen molar-refractivity contribution < 1.29 is 9.59 Å². The smallest absolute Gasteiger partial charge is 0.280 e. The van der Waals surface area contributed by atoms with E-state index >= 15 is 0 Å². The van der Waals surface area contributed by atoms with Gasteiger partial charge in [-0.1, -0.05) is 40.7 Å². The van der Waals surface area contributed by atoms with Crippen molar-refractivity contribution in [2.45, 2.75) is 59.7 Å². The van der Waals surface area contributed by atoms with Gasteiger partial charge in [0.05, 0.1) is 30.0 Å². The molecular formula is C24H30N6O3. The van der Waals surface area contributed by atoms with Crippen molar-refractivity contribution in [2.75, 3.05) is 6.54 Å². The van der Waals surface area contributed by atoms with Crippen LogP contribution in [0.15, 0.2) is 35.3 Å². The Balaban J connectivity index is 1.76. The lowest BCUT2D eigenvalue weighted by molar-refractivity contribution is -0.121. The Labute approximate surface area is 192 Å². The molecule has 0 aliphatic carbocycles. The van der Waals surface area contributed by atoms with Crippen LogP contribution in [0.3, 0.4) is 0 Å². The fraction of sp³-hybridized carbons (Fsp3) is 0.458. The number of pyridine rings is 1. The third kappa shape index (κ3) is 4.40. The average molecular weight is 451 g/mol. The lowest BCUT2D eigenvalue weighted by Crippen LogP contribution is -2.33. The molecule has 174 valence electrons. The first kappa shape index (κ1) is 22.7. The van der Waals surface area contributed by atoms with Crippen LogP contribution >= 0.6 is 0 Å². The summed E-state index contributed by atoms with van der Waals surface area (Å²) in [5, 5.41) is 7.40. The number of amides is 2. The molecule has 0 aromatic carbocycles. The van der Waals surface area contributed by atoms with Crippen LogP contribution in [0.5, 0.6) is 0 Å². The van der Waals surface area contributed by atoms with Gasteiger partial charge in [-0.25, -0.2) is 0 Å². The fourth-order valence-corrected chi connectivity index (χ4v) is 4.03. The first-order chi connectivity index (χ1) is 15.6. The molecule has 4 heterocycles. The second-order valence-corrected chi connectivity index (χ2v) is 9.95. The Morgan fingerprint density at radius 3 is 2.61 bits per heavy atom. The van der Waals surface area contributed by atoms with Crippen LogP contribution in [-0.2, 0) is 29.8 Å². The molecule has 1 aliphatic heterocycles. The number of hydrogen-bond acceptors (Lipinski definition) is 5. The van der Waals surface area contributed by atoms with Crippen molar-refractivity contribution in [1.29, 1.82) is 0 Å². The number of nitrogens with one attached hydrogen (secondary N) is 1. The lowest BCUT2D eigenvalue weighted by Gasteiger charge is -2.18. The largest absolute Gasteiger partial charge is 0.349 e. The van der Waals surface area contributed by atoms with Gasteiger partial charge in [-0.3, -0.25) is 19.4 Å². The third-order valence-electron chi connectivity index (χ3n) is 5.66. The monoisotopic (exact) mass is 450 g/mol. The summed E-state index contributed by atoms with van der Waals surface area (Å²) >= 11 is 0. The normalized spacial score (nSPS) is 13.8. The highest BCUT2D eigenvalue weighted by Crippen LogP contribution is 2.26. The molecule has 33 heavy (non-hydrogen) atoms. The second kappa shape index (κ2) is 8.46. The highest BCUT2D eigenvalue weighted by molar-refractivity contribution is 5.97. The molecular weight excluding hydrogens is 420 g/mol. The Bertz CT molecular complexity index is 1270.